The number of carbonyl (C=O) groups excluding carboxylic acids is 1. The number of rotatable bonds is 5. The zero-order valence-electron chi connectivity index (χ0n) is 10.1. The molecule has 0 saturated carbocycles. The molecule has 0 radical (unpaired) electrons. The Kier molecular flexibility index (Phi) is 5.05. The van der Waals surface area contributed by atoms with Gasteiger partial charge in [0.25, 0.3) is 0 Å². The largest absolute Gasteiger partial charge is 0.345 e. The molecule has 4 nitrogen and oxygen atoms in total. The van der Waals surface area contributed by atoms with E-state index in [2.05, 4.69) is 17.3 Å². The third-order valence-electron chi connectivity index (χ3n) is 3.12. The zero-order chi connectivity index (χ0) is 11.3. The average Bonchev–Trinajstić information content (AvgIpc) is 2.61. The van der Waals surface area contributed by atoms with Gasteiger partial charge in [-0.25, -0.2) is 0 Å². The lowest BCUT2D eigenvalue weighted by Gasteiger charge is -2.19. The van der Waals surface area contributed by atoms with E-state index in [1.54, 1.807) is 7.05 Å². The summed E-state index contributed by atoms with van der Waals surface area (Å²) in [7, 11) is 5.85. The number of hydrogen-bond acceptors (Lipinski definition) is 3. The Labute approximate surface area is 92.6 Å². The van der Waals surface area contributed by atoms with Crippen molar-refractivity contribution in [1.82, 2.24) is 15.1 Å². The van der Waals surface area contributed by atoms with Crippen LogP contribution in [0.25, 0.3) is 0 Å². The Morgan fingerprint density at radius 3 is 2.87 bits per heavy atom. The van der Waals surface area contributed by atoms with Crippen molar-refractivity contribution in [2.24, 2.45) is 5.92 Å². The first-order chi connectivity index (χ1) is 7.13. The van der Waals surface area contributed by atoms with Gasteiger partial charge >= 0.3 is 0 Å². The molecule has 4 heteroatoms. The second-order valence-corrected chi connectivity index (χ2v) is 4.55. The van der Waals surface area contributed by atoms with E-state index in [0.29, 0.717) is 6.54 Å². The van der Waals surface area contributed by atoms with Gasteiger partial charge in [0.15, 0.2) is 0 Å². The maximum Gasteiger partial charge on any atom is 0.236 e. The minimum atomic E-state index is 0.184. The molecule has 0 aromatic rings. The van der Waals surface area contributed by atoms with Gasteiger partial charge in [-0.15, -0.1) is 0 Å². The lowest BCUT2D eigenvalue weighted by atomic mass is 10.1. The summed E-state index contributed by atoms with van der Waals surface area (Å²) >= 11 is 0. The molecule has 1 fully saturated rings. The van der Waals surface area contributed by atoms with Crippen molar-refractivity contribution < 1.29 is 4.79 Å². The Balaban J connectivity index is 2.16. The van der Waals surface area contributed by atoms with E-state index in [4.69, 9.17) is 0 Å². The molecule has 1 saturated heterocycles. The van der Waals surface area contributed by atoms with Crippen LogP contribution < -0.4 is 5.32 Å². The van der Waals surface area contributed by atoms with Gasteiger partial charge in [0.05, 0.1) is 6.54 Å². The minimum absolute atomic E-state index is 0.184. The third kappa shape index (κ3) is 4.18. The van der Waals surface area contributed by atoms with Gasteiger partial charge in [-0.3, -0.25) is 4.79 Å². The van der Waals surface area contributed by atoms with Crippen LogP contribution in [-0.4, -0.2) is 63.0 Å². The van der Waals surface area contributed by atoms with Gasteiger partial charge in [0.1, 0.15) is 0 Å². The second kappa shape index (κ2) is 6.08. The lowest BCUT2D eigenvalue weighted by Crippen LogP contribution is -2.35. The van der Waals surface area contributed by atoms with Gasteiger partial charge in [-0.05, 0) is 39.4 Å². The maximum atomic E-state index is 11.5. The van der Waals surface area contributed by atoms with Crippen LogP contribution in [0.3, 0.4) is 0 Å². The molecule has 15 heavy (non-hydrogen) atoms. The molecule has 88 valence electrons. The van der Waals surface area contributed by atoms with Crippen LogP contribution in [0.1, 0.15) is 12.8 Å². The van der Waals surface area contributed by atoms with Crippen LogP contribution in [0.15, 0.2) is 0 Å². The molecule has 1 heterocycles. The summed E-state index contributed by atoms with van der Waals surface area (Å²) in [6.45, 7) is 3.73. The molecule has 1 aliphatic rings. The van der Waals surface area contributed by atoms with E-state index in [1.165, 1.54) is 19.5 Å². The van der Waals surface area contributed by atoms with Crippen LogP contribution >= 0.6 is 0 Å². The fourth-order valence-electron chi connectivity index (χ4n) is 2.05. The van der Waals surface area contributed by atoms with E-state index in [0.717, 1.165) is 18.9 Å². The second-order valence-electron chi connectivity index (χ2n) is 4.55. The van der Waals surface area contributed by atoms with E-state index < -0.39 is 0 Å². The summed E-state index contributed by atoms with van der Waals surface area (Å²) in [4.78, 5) is 15.7. The predicted molar refractivity (Wildman–Crippen MR) is 61.8 cm³/mol. The van der Waals surface area contributed by atoms with E-state index in [9.17, 15) is 4.79 Å². The highest BCUT2D eigenvalue weighted by molar-refractivity contribution is 5.77. The summed E-state index contributed by atoms with van der Waals surface area (Å²) in [5, 5.41) is 2.88. The van der Waals surface area contributed by atoms with Crippen LogP contribution in [0.4, 0.5) is 0 Å². The minimum Gasteiger partial charge on any atom is -0.345 e. The first-order valence-corrected chi connectivity index (χ1v) is 5.70. The normalized spacial score (nSPS) is 21.9. The summed E-state index contributed by atoms with van der Waals surface area (Å²) < 4.78 is 0. The smallest absolute Gasteiger partial charge is 0.236 e. The number of likely N-dealkylation sites (N-methyl/N-ethyl adjacent to an activating group) is 2. The summed E-state index contributed by atoms with van der Waals surface area (Å²) in [6, 6.07) is 0. The molecule has 0 aromatic heterocycles. The molecular formula is C11H23N3O. The number of nitrogens with zero attached hydrogens (tertiary/aromatic N) is 2. The molecule has 1 unspecified atom stereocenters. The van der Waals surface area contributed by atoms with Crippen molar-refractivity contribution in [3.05, 3.63) is 0 Å². The van der Waals surface area contributed by atoms with Crippen molar-refractivity contribution in [1.29, 1.82) is 0 Å². The monoisotopic (exact) mass is 213 g/mol. The van der Waals surface area contributed by atoms with Crippen molar-refractivity contribution >= 4 is 5.91 Å². The molecule has 0 aromatic carbocycles. The van der Waals surface area contributed by atoms with Crippen LogP contribution in [0.2, 0.25) is 0 Å². The van der Waals surface area contributed by atoms with Crippen LogP contribution in [0.5, 0.6) is 0 Å². The highest BCUT2D eigenvalue weighted by Crippen LogP contribution is 2.17. The molecule has 0 bridgehead atoms. The first kappa shape index (κ1) is 12.5. The van der Waals surface area contributed by atoms with Gasteiger partial charge < -0.3 is 15.1 Å². The number of hydrogen-bond donors (Lipinski definition) is 1. The Bertz CT molecular complexity index is 208. The molecule has 0 spiro atoms. The molecule has 1 N–H and O–H groups in total. The van der Waals surface area contributed by atoms with Crippen LogP contribution in [-0.2, 0) is 4.79 Å². The summed E-state index contributed by atoms with van der Waals surface area (Å²) in [5.41, 5.74) is 0. The number of nitrogens with one attached hydrogen (secondary N) is 1. The average molecular weight is 213 g/mol. The highest BCUT2D eigenvalue weighted by atomic mass is 16.2. The van der Waals surface area contributed by atoms with Crippen molar-refractivity contribution in [3.63, 3.8) is 0 Å². The molecule has 1 rings (SSSR count). The number of amides is 1. The quantitative estimate of drug-likeness (QED) is 0.698. The van der Waals surface area contributed by atoms with Crippen molar-refractivity contribution in [2.45, 2.75) is 12.8 Å². The first-order valence-electron chi connectivity index (χ1n) is 5.70. The molecular weight excluding hydrogens is 190 g/mol. The summed E-state index contributed by atoms with van der Waals surface area (Å²) in [5.74, 6) is 0.962. The third-order valence-corrected chi connectivity index (χ3v) is 3.12. The lowest BCUT2D eigenvalue weighted by molar-refractivity contribution is -0.129. The van der Waals surface area contributed by atoms with Crippen LogP contribution in [0, 0.1) is 5.92 Å². The molecule has 1 amide bonds. The Hall–Kier alpha value is -0.610. The molecule has 0 aliphatic carbocycles. The van der Waals surface area contributed by atoms with Crippen molar-refractivity contribution in [2.75, 3.05) is 47.3 Å². The maximum absolute atomic E-state index is 11.5. The SMILES string of the molecule is CNCC(=O)N(C)CCC1CCN(C)C1. The van der Waals surface area contributed by atoms with Gasteiger partial charge in [-0.1, -0.05) is 0 Å². The van der Waals surface area contributed by atoms with Gasteiger partial charge in [-0.2, -0.15) is 0 Å². The molecule has 1 atom stereocenters. The van der Waals surface area contributed by atoms with Gasteiger partial charge in [0, 0.05) is 20.1 Å². The standard InChI is InChI=1S/C11H23N3O/c1-12-8-11(15)14(3)7-5-10-4-6-13(2)9-10/h10,12H,4-9H2,1-3H3. The topological polar surface area (TPSA) is 35.6 Å². The fraction of sp³-hybridized carbons (Fsp3) is 0.909. The Morgan fingerprint density at radius 1 is 1.60 bits per heavy atom. The fourth-order valence-corrected chi connectivity index (χ4v) is 2.05. The van der Waals surface area contributed by atoms with E-state index in [1.807, 2.05) is 11.9 Å². The number of carbonyl (C=O) groups is 1. The summed E-state index contributed by atoms with van der Waals surface area (Å²) in [6.07, 6.45) is 2.42. The highest BCUT2D eigenvalue weighted by Gasteiger charge is 2.20. The van der Waals surface area contributed by atoms with E-state index >= 15 is 0 Å². The Morgan fingerprint density at radius 2 is 2.33 bits per heavy atom. The number of likely N-dealkylation sites (tertiary alicyclic amines) is 1. The zero-order valence-corrected chi connectivity index (χ0v) is 10.1. The molecule has 1 aliphatic heterocycles. The predicted octanol–water partition coefficient (Wildman–Crippen LogP) is 0.00600. The van der Waals surface area contributed by atoms with E-state index in [-0.39, 0.29) is 5.91 Å². The van der Waals surface area contributed by atoms with Gasteiger partial charge in [0.2, 0.25) is 5.91 Å². The van der Waals surface area contributed by atoms with Crippen molar-refractivity contribution in [3.8, 4) is 0 Å².